The number of nitrogens with two attached hydrogens (primary N) is 1. The Morgan fingerprint density at radius 3 is 2.70 bits per heavy atom. The molecule has 164 valence electrons. The van der Waals surface area contributed by atoms with Crippen LogP contribution in [0.15, 0.2) is 49.4 Å². The lowest BCUT2D eigenvalue weighted by Gasteiger charge is -2.37. The minimum absolute atomic E-state index is 0.332. The second-order valence-electron chi connectivity index (χ2n) is 8.41. The van der Waals surface area contributed by atoms with E-state index in [2.05, 4.69) is 71.5 Å². The minimum Gasteiger partial charge on any atom is -0.378 e. The number of aromatic amines is 1. The summed E-state index contributed by atoms with van der Waals surface area (Å²) in [6.07, 6.45) is 6.61. The van der Waals surface area contributed by atoms with Crippen LogP contribution in [0.25, 0.3) is 10.9 Å². The molecule has 0 aliphatic carbocycles. The number of rotatable bonds is 7. The fraction of sp³-hybridized carbons (Fsp3) is 0.500. The van der Waals surface area contributed by atoms with Crippen LogP contribution in [0.5, 0.6) is 0 Å². The molecule has 1 aromatic heterocycles. The Kier molecular flexibility index (Phi) is 7.82. The van der Waals surface area contributed by atoms with Gasteiger partial charge in [0.05, 0.1) is 12.6 Å². The fourth-order valence-corrected chi connectivity index (χ4v) is 3.96. The van der Waals surface area contributed by atoms with Crippen LogP contribution in [0.4, 0.5) is 0 Å². The van der Waals surface area contributed by atoms with Gasteiger partial charge in [0.2, 0.25) is 0 Å². The second kappa shape index (κ2) is 10.5. The summed E-state index contributed by atoms with van der Waals surface area (Å²) >= 11 is 0. The van der Waals surface area contributed by atoms with E-state index in [4.69, 9.17) is 5.84 Å². The zero-order chi connectivity index (χ0) is 21.5. The quantitative estimate of drug-likeness (QED) is 0.482. The molecule has 2 aromatic rings. The number of H-pyrrole nitrogens is 1. The minimum atomic E-state index is 0.332. The predicted molar refractivity (Wildman–Crippen MR) is 127 cm³/mol. The number of nitrogens with one attached hydrogen (secondary N) is 2. The molecule has 3 heterocycles. The highest BCUT2D eigenvalue weighted by molar-refractivity contribution is 5.81. The van der Waals surface area contributed by atoms with E-state index in [1.165, 1.54) is 42.4 Å². The molecule has 30 heavy (non-hydrogen) atoms. The average molecular weight is 411 g/mol. The van der Waals surface area contributed by atoms with Gasteiger partial charge in [-0.3, -0.25) is 5.01 Å². The van der Waals surface area contributed by atoms with Gasteiger partial charge in [0.1, 0.15) is 5.82 Å². The van der Waals surface area contributed by atoms with Crippen molar-refractivity contribution in [3.8, 4) is 0 Å². The smallest absolute Gasteiger partial charge is 0.109 e. The zero-order valence-corrected chi connectivity index (χ0v) is 18.7. The van der Waals surface area contributed by atoms with Gasteiger partial charge in [-0.1, -0.05) is 26.1 Å². The summed E-state index contributed by atoms with van der Waals surface area (Å²) in [5.41, 5.74) is 3.68. The summed E-state index contributed by atoms with van der Waals surface area (Å²) in [5, 5.41) is 6.42. The standard InChI is InChI=1S/C19H29N5.C5H9N/c1-4-15-7-8-19-16(10-15)11-17(22-19)12-21-14(2)24(20)18-6-5-9-23(3)13-18;1-2-6-4-3-5-6/h7-8,10-11,18,21-22H,2,4-6,9,12-13,20H2,1,3H3;2H,1,3-5H2. The number of hydrazine groups is 1. The van der Waals surface area contributed by atoms with Crippen molar-refractivity contribution in [1.29, 1.82) is 0 Å². The number of likely N-dealkylation sites (tertiary alicyclic amines) is 2. The molecule has 4 rings (SSSR count). The van der Waals surface area contributed by atoms with Gasteiger partial charge in [0.15, 0.2) is 0 Å². The molecule has 6 nitrogen and oxygen atoms in total. The molecule has 0 bridgehead atoms. The van der Waals surface area contributed by atoms with Crippen molar-refractivity contribution in [3.63, 3.8) is 0 Å². The molecule has 2 aliphatic rings. The monoisotopic (exact) mass is 410 g/mol. The highest BCUT2D eigenvalue weighted by atomic mass is 15.5. The third-order valence-corrected chi connectivity index (χ3v) is 6.09. The van der Waals surface area contributed by atoms with Crippen LogP contribution in [0, 0.1) is 0 Å². The Labute approximate surface area is 181 Å². The summed E-state index contributed by atoms with van der Waals surface area (Å²) < 4.78 is 0. The molecule has 1 aromatic carbocycles. The first-order chi connectivity index (χ1) is 14.5. The summed E-state index contributed by atoms with van der Waals surface area (Å²) in [4.78, 5) is 7.97. The molecule has 1 atom stereocenters. The summed E-state index contributed by atoms with van der Waals surface area (Å²) in [5.74, 6) is 7.05. The van der Waals surface area contributed by atoms with Gasteiger partial charge in [-0.15, -0.1) is 0 Å². The molecule has 2 saturated heterocycles. The lowest BCUT2D eigenvalue weighted by molar-refractivity contribution is 0.134. The van der Waals surface area contributed by atoms with Gasteiger partial charge in [-0.25, -0.2) is 5.84 Å². The van der Waals surface area contributed by atoms with Crippen LogP contribution < -0.4 is 11.2 Å². The van der Waals surface area contributed by atoms with Gasteiger partial charge in [0.25, 0.3) is 0 Å². The van der Waals surface area contributed by atoms with Crippen molar-refractivity contribution in [3.05, 3.63) is 60.7 Å². The topological polar surface area (TPSA) is 63.6 Å². The largest absolute Gasteiger partial charge is 0.378 e. The molecule has 0 radical (unpaired) electrons. The SMILES string of the molecule is C=C(NCc1cc2cc(CC)ccc2[nH]1)N(N)C1CCCN(C)C1.C=CN1CCC1. The number of hydrogen-bond acceptors (Lipinski definition) is 5. The number of aromatic nitrogens is 1. The van der Waals surface area contributed by atoms with Crippen LogP contribution in [0.1, 0.15) is 37.4 Å². The zero-order valence-electron chi connectivity index (χ0n) is 18.7. The van der Waals surface area contributed by atoms with E-state index < -0.39 is 0 Å². The number of nitrogens with zero attached hydrogens (tertiary/aromatic N) is 3. The van der Waals surface area contributed by atoms with Crippen molar-refractivity contribution in [1.82, 2.24) is 25.1 Å². The highest BCUT2D eigenvalue weighted by Gasteiger charge is 2.22. The molecule has 0 spiro atoms. The summed E-state index contributed by atoms with van der Waals surface area (Å²) in [6.45, 7) is 15.2. The van der Waals surface area contributed by atoms with Crippen molar-refractivity contribution >= 4 is 10.9 Å². The lowest BCUT2D eigenvalue weighted by atomic mass is 10.1. The maximum absolute atomic E-state index is 6.27. The van der Waals surface area contributed by atoms with E-state index >= 15 is 0 Å². The summed E-state index contributed by atoms with van der Waals surface area (Å²) in [6, 6.07) is 9.11. The Hall–Kier alpha value is -2.44. The van der Waals surface area contributed by atoms with Gasteiger partial charge in [-0.2, -0.15) is 0 Å². The maximum atomic E-state index is 6.27. The molecule has 0 saturated carbocycles. The second-order valence-corrected chi connectivity index (χ2v) is 8.41. The Morgan fingerprint density at radius 2 is 2.10 bits per heavy atom. The van der Waals surface area contributed by atoms with Crippen LogP contribution in [0.2, 0.25) is 0 Å². The van der Waals surface area contributed by atoms with E-state index in [0.717, 1.165) is 37.4 Å². The first-order valence-corrected chi connectivity index (χ1v) is 11.1. The molecular formula is C24H38N6. The molecular weight excluding hydrogens is 372 g/mol. The Morgan fingerprint density at radius 1 is 1.30 bits per heavy atom. The normalized spacial score (nSPS) is 18.9. The van der Waals surface area contributed by atoms with E-state index in [1.807, 2.05) is 6.20 Å². The van der Waals surface area contributed by atoms with Gasteiger partial charge >= 0.3 is 0 Å². The highest BCUT2D eigenvalue weighted by Crippen LogP contribution is 2.18. The number of piperidine rings is 1. The Balaban J connectivity index is 0.000000367. The summed E-state index contributed by atoms with van der Waals surface area (Å²) in [7, 11) is 2.14. The van der Waals surface area contributed by atoms with E-state index in [0.29, 0.717) is 12.6 Å². The van der Waals surface area contributed by atoms with Crippen LogP contribution >= 0.6 is 0 Å². The first-order valence-electron chi connectivity index (χ1n) is 11.1. The third kappa shape index (κ3) is 5.80. The van der Waals surface area contributed by atoms with Crippen molar-refractivity contribution in [2.24, 2.45) is 5.84 Å². The molecule has 2 fully saturated rings. The first kappa shape index (κ1) is 22.2. The van der Waals surface area contributed by atoms with E-state index in [1.54, 1.807) is 5.01 Å². The number of hydrogen-bond donors (Lipinski definition) is 3. The number of likely N-dealkylation sites (N-methyl/N-ethyl adjacent to an activating group) is 1. The number of benzene rings is 1. The van der Waals surface area contributed by atoms with Crippen molar-refractivity contribution < 1.29 is 0 Å². The van der Waals surface area contributed by atoms with E-state index in [9.17, 15) is 0 Å². The van der Waals surface area contributed by atoms with E-state index in [-0.39, 0.29) is 0 Å². The van der Waals surface area contributed by atoms with Crippen LogP contribution in [-0.2, 0) is 13.0 Å². The number of aryl methyl sites for hydroxylation is 1. The van der Waals surface area contributed by atoms with Crippen LogP contribution in [0.3, 0.4) is 0 Å². The van der Waals surface area contributed by atoms with Crippen molar-refractivity contribution in [2.45, 2.75) is 45.2 Å². The fourth-order valence-electron chi connectivity index (χ4n) is 3.96. The third-order valence-electron chi connectivity index (χ3n) is 6.09. The molecule has 1 unspecified atom stereocenters. The van der Waals surface area contributed by atoms with Gasteiger partial charge in [0, 0.05) is 30.8 Å². The Bertz CT molecular complexity index is 837. The molecule has 2 aliphatic heterocycles. The molecule has 6 heteroatoms. The maximum Gasteiger partial charge on any atom is 0.109 e. The molecule has 4 N–H and O–H groups in total. The molecule has 0 amide bonds. The average Bonchev–Trinajstić information content (AvgIpc) is 3.13. The van der Waals surface area contributed by atoms with Crippen LogP contribution in [-0.4, -0.2) is 59.1 Å². The van der Waals surface area contributed by atoms with Crippen molar-refractivity contribution in [2.75, 3.05) is 33.2 Å². The predicted octanol–water partition coefficient (Wildman–Crippen LogP) is 3.40. The lowest BCUT2D eigenvalue weighted by Crippen LogP contribution is -2.51. The van der Waals surface area contributed by atoms with Gasteiger partial charge < -0.3 is 20.1 Å². The number of fused-ring (bicyclic) bond motifs is 1. The van der Waals surface area contributed by atoms with Gasteiger partial charge in [-0.05, 0) is 74.6 Å².